The number of β-amino-alcohol motifs (C(OH)–C–C–N with tert-alkyl or cyclic N) is 1. The molecular weight excluding hydrogens is 516 g/mol. The third-order valence-corrected chi connectivity index (χ3v) is 5.35. The number of phenolic OH excluding ortho intramolecular Hbond substituents is 1. The summed E-state index contributed by atoms with van der Waals surface area (Å²) in [6, 6.07) is 6.08. The van der Waals surface area contributed by atoms with Gasteiger partial charge in [-0.25, -0.2) is 8.78 Å². The van der Waals surface area contributed by atoms with Gasteiger partial charge in [0.2, 0.25) is 5.91 Å². The summed E-state index contributed by atoms with van der Waals surface area (Å²) >= 11 is 5.88. The van der Waals surface area contributed by atoms with Crippen molar-refractivity contribution in [3.05, 3.63) is 58.1 Å². The Morgan fingerprint density at radius 1 is 1.14 bits per heavy atom. The highest BCUT2D eigenvalue weighted by atomic mass is 35.5. The number of aliphatic carboxylic acids is 1. The number of rotatable bonds is 9. The maximum absolute atomic E-state index is 13.1. The number of phenols is 1. The molecule has 14 heteroatoms. The van der Waals surface area contributed by atoms with Crippen molar-refractivity contribution < 1.29 is 38.5 Å². The molecule has 3 rings (SSSR count). The van der Waals surface area contributed by atoms with Crippen LogP contribution in [0.25, 0.3) is 0 Å². The van der Waals surface area contributed by atoms with Gasteiger partial charge in [0.05, 0.1) is 31.7 Å². The summed E-state index contributed by atoms with van der Waals surface area (Å²) in [4.78, 5) is 40.4. The molecule has 2 aromatic rings. The number of aromatic hydroxyl groups is 1. The minimum atomic E-state index is -2.85. The van der Waals surface area contributed by atoms with Crippen LogP contribution >= 0.6 is 11.6 Å². The van der Waals surface area contributed by atoms with Crippen molar-refractivity contribution in [3.8, 4) is 5.75 Å². The molecule has 2 atom stereocenters. The smallest absolute Gasteiger partial charge is 0.305 e. The van der Waals surface area contributed by atoms with Crippen LogP contribution in [0, 0.1) is 0 Å². The quantitative estimate of drug-likeness (QED) is 0.252. The number of anilines is 1. The molecule has 11 nitrogen and oxygen atoms in total. The van der Waals surface area contributed by atoms with E-state index in [9.17, 15) is 38.5 Å². The summed E-state index contributed by atoms with van der Waals surface area (Å²) < 4.78 is 26.3. The number of nitrogens with zero attached hydrogens (tertiary/aromatic N) is 1. The van der Waals surface area contributed by atoms with Gasteiger partial charge in [-0.15, -0.1) is 0 Å². The third kappa shape index (κ3) is 8.29. The van der Waals surface area contributed by atoms with Crippen LogP contribution in [-0.4, -0.2) is 64.8 Å². The number of carboxylic acid groups (broad SMARTS) is 1. The molecule has 7 N–H and O–H groups in total. The summed E-state index contributed by atoms with van der Waals surface area (Å²) in [5.41, 5.74) is -0.0422. The SMILES string of the molecule is O=C(O)CC(NC(=O)CNC(=O)c1cc(O)cc(NC2=NCC(O)CN2)c1)c1cc(Cl)cc(C(F)F)c1. The molecule has 0 saturated heterocycles. The summed E-state index contributed by atoms with van der Waals surface area (Å²) in [5, 5.41) is 39.1. The van der Waals surface area contributed by atoms with Gasteiger partial charge >= 0.3 is 5.97 Å². The number of amides is 2. The first-order valence-corrected chi connectivity index (χ1v) is 11.3. The minimum Gasteiger partial charge on any atom is -0.508 e. The molecule has 2 aromatic carbocycles. The van der Waals surface area contributed by atoms with E-state index < -0.39 is 54.9 Å². The Morgan fingerprint density at radius 2 is 1.86 bits per heavy atom. The van der Waals surface area contributed by atoms with E-state index in [0.29, 0.717) is 11.6 Å². The van der Waals surface area contributed by atoms with E-state index in [4.69, 9.17) is 11.6 Å². The van der Waals surface area contributed by atoms with Gasteiger partial charge in [-0.1, -0.05) is 11.6 Å². The fourth-order valence-electron chi connectivity index (χ4n) is 3.46. The molecular formula is C23H24ClF2N5O6. The molecule has 2 unspecified atom stereocenters. The number of aliphatic imine (C=N–C) groups is 1. The zero-order chi connectivity index (χ0) is 27.1. The van der Waals surface area contributed by atoms with Gasteiger partial charge in [0, 0.05) is 34.4 Å². The Labute approximate surface area is 214 Å². The number of halogens is 3. The number of carbonyl (C=O) groups is 3. The van der Waals surface area contributed by atoms with Gasteiger partial charge in [0.25, 0.3) is 12.3 Å². The highest BCUT2D eigenvalue weighted by Gasteiger charge is 2.21. The number of guanidine groups is 1. The van der Waals surface area contributed by atoms with E-state index in [1.807, 2.05) is 0 Å². The van der Waals surface area contributed by atoms with E-state index in [-0.39, 0.29) is 35.0 Å². The number of alkyl halides is 2. The molecule has 1 aliphatic heterocycles. The third-order valence-electron chi connectivity index (χ3n) is 5.13. The Kier molecular flexibility index (Phi) is 9.20. The number of hydrogen-bond acceptors (Lipinski definition) is 8. The van der Waals surface area contributed by atoms with Crippen LogP contribution in [0.3, 0.4) is 0 Å². The maximum Gasteiger partial charge on any atom is 0.305 e. The molecule has 0 fully saturated rings. The molecule has 1 aliphatic rings. The van der Waals surface area contributed by atoms with Gasteiger partial charge in [-0.2, -0.15) is 0 Å². The van der Waals surface area contributed by atoms with Gasteiger partial charge in [0.1, 0.15) is 5.75 Å². The Morgan fingerprint density at radius 3 is 2.51 bits per heavy atom. The molecule has 0 radical (unpaired) electrons. The van der Waals surface area contributed by atoms with Gasteiger partial charge in [-0.3, -0.25) is 19.4 Å². The minimum absolute atomic E-state index is 0.00486. The topological polar surface area (TPSA) is 172 Å². The van der Waals surface area contributed by atoms with Crippen LogP contribution in [0.2, 0.25) is 5.02 Å². The lowest BCUT2D eigenvalue weighted by atomic mass is 10.0. The maximum atomic E-state index is 13.1. The Hall–Kier alpha value is -3.97. The van der Waals surface area contributed by atoms with Crippen LogP contribution in [0.5, 0.6) is 5.75 Å². The van der Waals surface area contributed by atoms with Crippen molar-refractivity contribution in [2.24, 2.45) is 4.99 Å². The Bertz CT molecular complexity index is 1210. The van der Waals surface area contributed by atoms with Crippen molar-refractivity contribution in [1.82, 2.24) is 16.0 Å². The van der Waals surface area contributed by atoms with Crippen molar-refractivity contribution in [3.63, 3.8) is 0 Å². The van der Waals surface area contributed by atoms with Crippen molar-refractivity contribution in [1.29, 1.82) is 0 Å². The molecule has 1 heterocycles. The molecule has 0 saturated carbocycles. The van der Waals surface area contributed by atoms with E-state index in [1.165, 1.54) is 24.3 Å². The number of carbonyl (C=O) groups excluding carboxylic acids is 2. The average Bonchev–Trinajstić information content (AvgIpc) is 2.82. The monoisotopic (exact) mass is 539 g/mol. The lowest BCUT2D eigenvalue weighted by molar-refractivity contribution is -0.137. The number of benzene rings is 2. The highest BCUT2D eigenvalue weighted by molar-refractivity contribution is 6.30. The standard InChI is InChI=1S/C23H24ClF2N5O6/c24-14-2-11(1-12(3-14)21(25)26)18(7-20(35)36)31-19(34)10-27-22(37)13-4-15(6-16(32)5-13)30-23-28-8-17(33)9-29-23/h1-6,17-18,21,32-33H,7-10H2,(H,27,37)(H,31,34)(H,35,36)(H2,28,29,30). The Balaban J connectivity index is 1.65. The summed E-state index contributed by atoms with van der Waals surface area (Å²) in [5.74, 6) is -2.70. The number of aliphatic hydroxyl groups is 1. The molecule has 198 valence electrons. The zero-order valence-electron chi connectivity index (χ0n) is 19.2. The number of hydrogen-bond donors (Lipinski definition) is 7. The molecule has 37 heavy (non-hydrogen) atoms. The predicted molar refractivity (Wildman–Crippen MR) is 130 cm³/mol. The molecule has 0 spiro atoms. The second kappa shape index (κ2) is 12.3. The number of nitrogens with one attached hydrogen (secondary N) is 4. The van der Waals surface area contributed by atoms with Gasteiger partial charge in [-0.05, 0) is 35.9 Å². The van der Waals surface area contributed by atoms with Crippen LogP contribution in [0.4, 0.5) is 14.5 Å². The van der Waals surface area contributed by atoms with E-state index in [2.05, 4.69) is 26.3 Å². The number of aliphatic hydroxyl groups excluding tert-OH is 1. The van der Waals surface area contributed by atoms with Crippen LogP contribution in [-0.2, 0) is 9.59 Å². The van der Waals surface area contributed by atoms with Crippen molar-refractivity contribution in [2.45, 2.75) is 25.0 Å². The van der Waals surface area contributed by atoms with E-state index in [0.717, 1.165) is 12.1 Å². The fraction of sp³-hybridized carbons (Fsp3) is 0.304. The fourth-order valence-corrected chi connectivity index (χ4v) is 3.72. The highest BCUT2D eigenvalue weighted by Crippen LogP contribution is 2.28. The summed E-state index contributed by atoms with van der Waals surface area (Å²) in [6.45, 7) is -0.117. The first-order chi connectivity index (χ1) is 17.5. The van der Waals surface area contributed by atoms with Crippen LogP contribution < -0.4 is 21.3 Å². The zero-order valence-corrected chi connectivity index (χ0v) is 19.9. The van der Waals surface area contributed by atoms with Crippen molar-refractivity contribution >= 4 is 41.0 Å². The van der Waals surface area contributed by atoms with Gasteiger partial charge in [0.15, 0.2) is 5.96 Å². The lowest BCUT2D eigenvalue weighted by Gasteiger charge is -2.20. The summed E-state index contributed by atoms with van der Waals surface area (Å²) in [6.07, 6.45) is -4.09. The van der Waals surface area contributed by atoms with E-state index >= 15 is 0 Å². The predicted octanol–water partition coefficient (Wildman–Crippen LogP) is 1.78. The normalized spacial score (nSPS) is 15.8. The second-order valence-corrected chi connectivity index (χ2v) is 8.57. The van der Waals surface area contributed by atoms with E-state index in [1.54, 1.807) is 0 Å². The van der Waals surface area contributed by atoms with Crippen LogP contribution in [0.1, 0.15) is 40.4 Å². The lowest BCUT2D eigenvalue weighted by Crippen LogP contribution is -2.42. The first-order valence-electron chi connectivity index (χ1n) is 11.0. The molecule has 0 bridgehead atoms. The molecule has 2 amide bonds. The molecule has 0 aromatic heterocycles. The van der Waals surface area contributed by atoms with Crippen molar-refractivity contribution in [2.75, 3.05) is 25.0 Å². The second-order valence-electron chi connectivity index (χ2n) is 8.14. The number of carboxylic acids is 1. The van der Waals surface area contributed by atoms with Gasteiger partial charge < -0.3 is 36.6 Å². The molecule has 0 aliphatic carbocycles. The average molecular weight is 540 g/mol. The summed E-state index contributed by atoms with van der Waals surface area (Å²) in [7, 11) is 0. The largest absolute Gasteiger partial charge is 0.508 e. The first kappa shape index (κ1) is 27.6. The van der Waals surface area contributed by atoms with Crippen LogP contribution in [0.15, 0.2) is 41.4 Å².